The molecule has 1 atom stereocenters. The van der Waals surface area contributed by atoms with Gasteiger partial charge in [-0.15, -0.1) is 0 Å². The van der Waals surface area contributed by atoms with Crippen LogP contribution in [0.1, 0.15) is 46.0 Å². The lowest BCUT2D eigenvalue weighted by Crippen LogP contribution is -2.32. The lowest BCUT2D eigenvalue weighted by Gasteiger charge is -2.21. The average molecular weight is 213 g/mol. The molecule has 0 aromatic rings. The fourth-order valence-corrected chi connectivity index (χ4v) is 1.82. The Morgan fingerprint density at radius 3 is 2.73 bits per heavy atom. The first-order valence-electron chi connectivity index (χ1n) is 6.09. The molecule has 1 aliphatic heterocycles. The van der Waals surface area contributed by atoms with Crippen LogP contribution < -0.4 is 5.32 Å². The van der Waals surface area contributed by atoms with E-state index in [1.165, 1.54) is 0 Å². The van der Waals surface area contributed by atoms with Gasteiger partial charge < -0.3 is 10.1 Å². The summed E-state index contributed by atoms with van der Waals surface area (Å²) in [6.07, 6.45) is 4.94. The SMILES string of the molecule is CCC(C)NC(=O)CCC1CCOCC1. The Kier molecular flexibility index (Phi) is 5.69. The Morgan fingerprint density at radius 2 is 2.13 bits per heavy atom. The van der Waals surface area contributed by atoms with Crippen LogP contribution in [0.5, 0.6) is 0 Å². The zero-order chi connectivity index (χ0) is 11.1. The normalized spacial score (nSPS) is 19.9. The molecule has 0 aromatic heterocycles. The molecule has 0 saturated carbocycles. The quantitative estimate of drug-likeness (QED) is 0.759. The van der Waals surface area contributed by atoms with Crippen molar-refractivity contribution < 1.29 is 9.53 Å². The number of carbonyl (C=O) groups is 1. The summed E-state index contributed by atoms with van der Waals surface area (Å²) in [4.78, 5) is 11.5. The van der Waals surface area contributed by atoms with Gasteiger partial charge in [-0.2, -0.15) is 0 Å². The third kappa shape index (κ3) is 5.17. The second-order valence-corrected chi connectivity index (χ2v) is 4.47. The van der Waals surface area contributed by atoms with E-state index in [1.807, 2.05) is 6.92 Å². The molecule has 3 nitrogen and oxygen atoms in total. The molecule has 0 aromatic carbocycles. The Bertz CT molecular complexity index is 188. The number of hydrogen-bond acceptors (Lipinski definition) is 2. The van der Waals surface area contributed by atoms with E-state index < -0.39 is 0 Å². The number of ether oxygens (including phenoxy) is 1. The van der Waals surface area contributed by atoms with Gasteiger partial charge in [-0.3, -0.25) is 4.79 Å². The summed E-state index contributed by atoms with van der Waals surface area (Å²) in [5, 5.41) is 3.00. The maximum Gasteiger partial charge on any atom is 0.220 e. The van der Waals surface area contributed by atoms with Crippen molar-refractivity contribution in [1.82, 2.24) is 5.32 Å². The van der Waals surface area contributed by atoms with Crippen molar-refractivity contribution in [3.63, 3.8) is 0 Å². The second-order valence-electron chi connectivity index (χ2n) is 4.47. The number of amides is 1. The highest BCUT2D eigenvalue weighted by Gasteiger charge is 2.15. The van der Waals surface area contributed by atoms with Crippen molar-refractivity contribution in [2.24, 2.45) is 5.92 Å². The second kappa shape index (κ2) is 6.83. The molecule has 88 valence electrons. The van der Waals surface area contributed by atoms with Crippen LogP contribution in [0.15, 0.2) is 0 Å². The van der Waals surface area contributed by atoms with Crippen LogP contribution in [-0.2, 0) is 9.53 Å². The highest BCUT2D eigenvalue weighted by atomic mass is 16.5. The van der Waals surface area contributed by atoms with Gasteiger partial charge in [0, 0.05) is 25.7 Å². The lowest BCUT2D eigenvalue weighted by atomic mass is 9.95. The van der Waals surface area contributed by atoms with Gasteiger partial charge in [-0.1, -0.05) is 6.92 Å². The molecule has 15 heavy (non-hydrogen) atoms. The zero-order valence-electron chi connectivity index (χ0n) is 9.92. The van der Waals surface area contributed by atoms with Crippen molar-refractivity contribution >= 4 is 5.91 Å². The van der Waals surface area contributed by atoms with Gasteiger partial charge in [0.25, 0.3) is 0 Å². The summed E-state index contributed by atoms with van der Waals surface area (Å²) < 4.78 is 5.29. The average Bonchev–Trinajstić information content (AvgIpc) is 2.27. The Balaban J connectivity index is 2.10. The molecule has 1 aliphatic rings. The Labute approximate surface area is 92.6 Å². The van der Waals surface area contributed by atoms with Crippen molar-refractivity contribution in [3.05, 3.63) is 0 Å². The third-order valence-electron chi connectivity index (χ3n) is 3.14. The van der Waals surface area contributed by atoms with Crippen molar-refractivity contribution in [1.29, 1.82) is 0 Å². The van der Waals surface area contributed by atoms with E-state index in [-0.39, 0.29) is 5.91 Å². The molecule has 0 bridgehead atoms. The maximum absolute atomic E-state index is 11.5. The standard InChI is InChI=1S/C12H23NO2/c1-3-10(2)13-12(14)5-4-11-6-8-15-9-7-11/h10-11H,3-9H2,1-2H3,(H,13,14). The first-order chi connectivity index (χ1) is 7.22. The molecule has 1 unspecified atom stereocenters. The molecule has 1 saturated heterocycles. The summed E-state index contributed by atoms with van der Waals surface area (Å²) in [6.45, 7) is 5.88. The van der Waals surface area contributed by atoms with E-state index in [9.17, 15) is 4.79 Å². The highest BCUT2D eigenvalue weighted by Crippen LogP contribution is 2.19. The van der Waals surface area contributed by atoms with E-state index >= 15 is 0 Å². The van der Waals surface area contributed by atoms with Crippen LogP contribution >= 0.6 is 0 Å². The fourth-order valence-electron chi connectivity index (χ4n) is 1.82. The molecule has 0 radical (unpaired) electrons. The molecule has 1 fully saturated rings. The summed E-state index contributed by atoms with van der Waals surface area (Å²) in [5.41, 5.74) is 0. The number of hydrogen-bond donors (Lipinski definition) is 1. The summed E-state index contributed by atoms with van der Waals surface area (Å²) >= 11 is 0. The molecule has 1 heterocycles. The van der Waals surface area contributed by atoms with Gasteiger partial charge in [0.2, 0.25) is 5.91 Å². The first-order valence-corrected chi connectivity index (χ1v) is 6.09. The fraction of sp³-hybridized carbons (Fsp3) is 0.917. The van der Waals surface area contributed by atoms with E-state index in [0.717, 1.165) is 38.9 Å². The zero-order valence-corrected chi connectivity index (χ0v) is 9.92. The number of carbonyl (C=O) groups excluding carboxylic acids is 1. The monoisotopic (exact) mass is 213 g/mol. The van der Waals surface area contributed by atoms with Gasteiger partial charge in [0.05, 0.1) is 0 Å². The minimum atomic E-state index is 0.204. The van der Waals surface area contributed by atoms with Gasteiger partial charge in [0.1, 0.15) is 0 Å². The predicted octanol–water partition coefficient (Wildman–Crippen LogP) is 2.11. The van der Waals surface area contributed by atoms with E-state index in [2.05, 4.69) is 12.2 Å². The van der Waals surface area contributed by atoms with Crippen molar-refractivity contribution in [2.75, 3.05) is 13.2 Å². The topological polar surface area (TPSA) is 38.3 Å². The largest absolute Gasteiger partial charge is 0.381 e. The predicted molar refractivity (Wildman–Crippen MR) is 60.7 cm³/mol. The first kappa shape index (κ1) is 12.5. The van der Waals surface area contributed by atoms with Crippen LogP contribution in [0.2, 0.25) is 0 Å². The van der Waals surface area contributed by atoms with Crippen molar-refractivity contribution in [2.45, 2.75) is 52.0 Å². The molecule has 1 N–H and O–H groups in total. The molecule has 0 aliphatic carbocycles. The molecular formula is C12H23NO2. The van der Waals surface area contributed by atoms with E-state index in [1.54, 1.807) is 0 Å². The van der Waals surface area contributed by atoms with Gasteiger partial charge in [-0.25, -0.2) is 0 Å². The van der Waals surface area contributed by atoms with Gasteiger partial charge in [-0.05, 0) is 38.5 Å². The van der Waals surface area contributed by atoms with Gasteiger partial charge >= 0.3 is 0 Å². The van der Waals surface area contributed by atoms with E-state index in [4.69, 9.17) is 4.74 Å². The van der Waals surface area contributed by atoms with Crippen LogP contribution in [0, 0.1) is 5.92 Å². The molecule has 1 rings (SSSR count). The number of nitrogens with one attached hydrogen (secondary N) is 1. The summed E-state index contributed by atoms with van der Waals surface area (Å²) in [5.74, 6) is 0.900. The number of rotatable bonds is 5. The van der Waals surface area contributed by atoms with Crippen LogP contribution in [0.25, 0.3) is 0 Å². The molecule has 1 amide bonds. The molecule has 0 spiro atoms. The highest BCUT2D eigenvalue weighted by molar-refractivity contribution is 5.76. The smallest absolute Gasteiger partial charge is 0.220 e. The van der Waals surface area contributed by atoms with Crippen LogP contribution in [-0.4, -0.2) is 25.2 Å². The Hall–Kier alpha value is -0.570. The minimum Gasteiger partial charge on any atom is -0.381 e. The van der Waals surface area contributed by atoms with Crippen LogP contribution in [0.4, 0.5) is 0 Å². The molecule has 3 heteroatoms. The van der Waals surface area contributed by atoms with Gasteiger partial charge in [0.15, 0.2) is 0 Å². The third-order valence-corrected chi connectivity index (χ3v) is 3.14. The minimum absolute atomic E-state index is 0.204. The lowest BCUT2D eigenvalue weighted by molar-refractivity contribution is -0.122. The summed E-state index contributed by atoms with van der Waals surface area (Å²) in [6, 6.07) is 0.312. The van der Waals surface area contributed by atoms with Crippen molar-refractivity contribution in [3.8, 4) is 0 Å². The maximum atomic E-state index is 11.5. The summed E-state index contributed by atoms with van der Waals surface area (Å²) in [7, 11) is 0. The molecular weight excluding hydrogens is 190 g/mol. The Morgan fingerprint density at radius 1 is 1.47 bits per heavy atom. The van der Waals surface area contributed by atoms with E-state index in [0.29, 0.717) is 18.4 Å². The van der Waals surface area contributed by atoms with Crippen LogP contribution in [0.3, 0.4) is 0 Å².